The topological polar surface area (TPSA) is 56.5 Å². The SMILES string of the molecule is Cc1ccc(C(=O)Oc2c(-c3ccc(C(C)(C)C)cc3)oc3ccc(C)cc3c2=O)cc1. The van der Waals surface area contributed by atoms with Crippen LogP contribution in [-0.2, 0) is 5.41 Å². The number of rotatable bonds is 3. The minimum atomic E-state index is -0.600. The van der Waals surface area contributed by atoms with Gasteiger partial charge < -0.3 is 9.15 Å². The first kappa shape index (κ1) is 21.6. The first-order valence-corrected chi connectivity index (χ1v) is 10.6. The van der Waals surface area contributed by atoms with Crippen LogP contribution in [0, 0.1) is 13.8 Å². The first-order chi connectivity index (χ1) is 15.1. The van der Waals surface area contributed by atoms with E-state index >= 15 is 0 Å². The number of carbonyl (C=O) groups is 1. The Kier molecular flexibility index (Phi) is 5.47. The van der Waals surface area contributed by atoms with Crippen molar-refractivity contribution in [1.29, 1.82) is 0 Å². The van der Waals surface area contributed by atoms with Crippen molar-refractivity contribution in [3.8, 4) is 17.1 Å². The second-order valence-corrected chi connectivity index (χ2v) is 9.17. The number of hydrogen-bond acceptors (Lipinski definition) is 4. The minimum absolute atomic E-state index is 0.0129. The van der Waals surface area contributed by atoms with Crippen LogP contribution in [0.25, 0.3) is 22.3 Å². The Balaban J connectivity index is 1.87. The zero-order valence-corrected chi connectivity index (χ0v) is 19.0. The van der Waals surface area contributed by atoms with Gasteiger partial charge in [0.2, 0.25) is 11.2 Å². The third-order valence-corrected chi connectivity index (χ3v) is 5.50. The molecule has 1 heterocycles. The van der Waals surface area contributed by atoms with Gasteiger partial charge in [0.25, 0.3) is 0 Å². The molecule has 0 saturated carbocycles. The summed E-state index contributed by atoms with van der Waals surface area (Å²) < 4.78 is 11.8. The third-order valence-electron chi connectivity index (χ3n) is 5.50. The highest BCUT2D eigenvalue weighted by Gasteiger charge is 2.22. The fraction of sp³-hybridized carbons (Fsp3) is 0.214. The molecule has 3 aromatic carbocycles. The van der Waals surface area contributed by atoms with Crippen molar-refractivity contribution in [1.82, 2.24) is 0 Å². The molecule has 0 unspecified atom stereocenters. The summed E-state index contributed by atoms with van der Waals surface area (Å²) in [4.78, 5) is 26.2. The van der Waals surface area contributed by atoms with Crippen LogP contribution in [0.1, 0.15) is 47.8 Å². The molecule has 1 aromatic heterocycles. The fourth-order valence-electron chi connectivity index (χ4n) is 3.54. The second kappa shape index (κ2) is 8.12. The molecule has 0 aliphatic heterocycles. The number of benzene rings is 3. The maximum Gasteiger partial charge on any atom is 0.343 e. The third kappa shape index (κ3) is 4.22. The van der Waals surface area contributed by atoms with Crippen molar-refractivity contribution in [3.63, 3.8) is 0 Å². The Morgan fingerprint density at radius 3 is 2.09 bits per heavy atom. The van der Waals surface area contributed by atoms with E-state index in [9.17, 15) is 9.59 Å². The smallest absolute Gasteiger partial charge is 0.343 e. The van der Waals surface area contributed by atoms with Crippen molar-refractivity contribution < 1.29 is 13.9 Å². The number of aryl methyl sites for hydroxylation is 2. The highest BCUT2D eigenvalue weighted by Crippen LogP contribution is 2.33. The standard InChI is InChI=1S/C28H26O4/c1-17-6-9-20(10-7-17)27(30)32-26-24(29)22-16-18(2)8-15-23(22)31-25(26)19-11-13-21(14-12-19)28(3,4)5/h6-16H,1-5H3. The van der Waals surface area contributed by atoms with Gasteiger partial charge in [-0.25, -0.2) is 4.79 Å². The predicted molar refractivity (Wildman–Crippen MR) is 127 cm³/mol. The molecule has 0 aliphatic carbocycles. The molecular weight excluding hydrogens is 400 g/mol. The highest BCUT2D eigenvalue weighted by molar-refractivity contribution is 5.93. The van der Waals surface area contributed by atoms with E-state index in [0.29, 0.717) is 22.1 Å². The largest absolute Gasteiger partial charge is 0.452 e. The number of esters is 1. The quantitative estimate of drug-likeness (QED) is 0.347. The molecule has 4 rings (SSSR count). The summed E-state index contributed by atoms with van der Waals surface area (Å²) in [5.41, 5.74) is 4.21. The molecule has 0 N–H and O–H groups in total. The molecule has 0 saturated heterocycles. The molecule has 4 aromatic rings. The molecule has 4 heteroatoms. The molecule has 32 heavy (non-hydrogen) atoms. The lowest BCUT2D eigenvalue weighted by Gasteiger charge is -2.19. The maximum atomic E-state index is 13.4. The van der Waals surface area contributed by atoms with Gasteiger partial charge in [-0.15, -0.1) is 0 Å². The molecule has 0 radical (unpaired) electrons. The van der Waals surface area contributed by atoms with Gasteiger partial charge in [0, 0.05) is 5.56 Å². The summed E-state index contributed by atoms with van der Waals surface area (Å²) >= 11 is 0. The van der Waals surface area contributed by atoms with Crippen LogP contribution in [0.4, 0.5) is 0 Å². The van der Waals surface area contributed by atoms with E-state index in [1.807, 2.05) is 56.3 Å². The Labute approximate surface area is 187 Å². The molecule has 4 nitrogen and oxygen atoms in total. The normalized spacial score (nSPS) is 11.5. The Hall–Kier alpha value is -3.66. The van der Waals surface area contributed by atoms with E-state index in [0.717, 1.165) is 16.7 Å². The van der Waals surface area contributed by atoms with Crippen LogP contribution in [-0.4, -0.2) is 5.97 Å². The van der Waals surface area contributed by atoms with E-state index in [4.69, 9.17) is 9.15 Å². The van der Waals surface area contributed by atoms with Crippen molar-refractivity contribution >= 4 is 16.9 Å². The van der Waals surface area contributed by atoms with Crippen molar-refractivity contribution in [2.75, 3.05) is 0 Å². The first-order valence-electron chi connectivity index (χ1n) is 10.6. The Morgan fingerprint density at radius 2 is 1.47 bits per heavy atom. The summed E-state index contributed by atoms with van der Waals surface area (Å²) in [5.74, 6) is -0.457. The lowest BCUT2D eigenvalue weighted by atomic mass is 9.86. The summed E-state index contributed by atoms with van der Waals surface area (Å²) in [5, 5.41) is 0.381. The monoisotopic (exact) mass is 426 g/mol. The molecule has 0 fully saturated rings. The lowest BCUT2D eigenvalue weighted by molar-refractivity contribution is 0.0731. The molecule has 0 amide bonds. The molecular formula is C28H26O4. The van der Waals surface area contributed by atoms with E-state index in [1.54, 1.807) is 24.3 Å². The molecule has 0 bridgehead atoms. The van der Waals surface area contributed by atoms with Gasteiger partial charge in [-0.2, -0.15) is 0 Å². The Bertz CT molecular complexity index is 1350. The highest BCUT2D eigenvalue weighted by atomic mass is 16.5. The number of ether oxygens (including phenoxy) is 1. The lowest BCUT2D eigenvalue weighted by Crippen LogP contribution is -2.16. The van der Waals surface area contributed by atoms with Crippen LogP contribution in [0.2, 0.25) is 0 Å². The van der Waals surface area contributed by atoms with Gasteiger partial charge in [0.15, 0.2) is 5.76 Å². The zero-order chi connectivity index (χ0) is 23.0. The average Bonchev–Trinajstić information content (AvgIpc) is 2.76. The Morgan fingerprint density at radius 1 is 0.844 bits per heavy atom. The van der Waals surface area contributed by atoms with Crippen LogP contribution in [0.3, 0.4) is 0 Å². The number of fused-ring (bicyclic) bond motifs is 1. The molecule has 0 aliphatic rings. The van der Waals surface area contributed by atoms with Gasteiger partial charge in [-0.05, 0) is 49.1 Å². The zero-order valence-electron chi connectivity index (χ0n) is 19.0. The minimum Gasteiger partial charge on any atom is -0.452 e. The number of hydrogen-bond donors (Lipinski definition) is 0. The number of carbonyl (C=O) groups excluding carboxylic acids is 1. The molecule has 0 spiro atoms. The van der Waals surface area contributed by atoms with Crippen LogP contribution >= 0.6 is 0 Å². The maximum absolute atomic E-state index is 13.4. The van der Waals surface area contributed by atoms with Gasteiger partial charge >= 0.3 is 5.97 Å². The van der Waals surface area contributed by atoms with Gasteiger partial charge in [-0.1, -0.05) is 74.4 Å². The van der Waals surface area contributed by atoms with Gasteiger partial charge in [-0.3, -0.25) is 4.79 Å². The van der Waals surface area contributed by atoms with E-state index in [1.165, 1.54) is 0 Å². The van der Waals surface area contributed by atoms with Crippen LogP contribution < -0.4 is 10.2 Å². The van der Waals surface area contributed by atoms with E-state index in [-0.39, 0.29) is 22.4 Å². The van der Waals surface area contributed by atoms with Gasteiger partial charge in [0.05, 0.1) is 10.9 Å². The summed E-state index contributed by atoms with van der Waals surface area (Å²) in [7, 11) is 0. The predicted octanol–water partition coefficient (Wildman–Crippen LogP) is 6.59. The van der Waals surface area contributed by atoms with Gasteiger partial charge in [0.1, 0.15) is 5.58 Å². The summed E-state index contributed by atoms with van der Waals surface area (Å²) in [6.45, 7) is 10.2. The summed E-state index contributed by atoms with van der Waals surface area (Å²) in [6.07, 6.45) is 0. The van der Waals surface area contributed by atoms with Crippen molar-refractivity contribution in [3.05, 3.63) is 99.2 Å². The fourth-order valence-corrected chi connectivity index (χ4v) is 3.54. The second-order valence-electron chi connectivity index (χ2n) is 9.17. The molecule has 162 valence electrons. The van der Waals surface area contributed by atoms with E-state index < -0.39 is 5.97 Å². The van der Waals surface area contributed by atoms with Crippen molar-refractivity contribution in [2.24, 2.45) is 0 Å². The average molecular weight is 427 g/mol. The van der Waals surface area contributed by atoms with Crippen molar-refractivity contribution in [2.45, 2.75) is 40.0 Å². The van der Waals surface area contributed by atoms with E-state index in [2.05, 4.69) is 20.8 Å². The van der Waals surface area contributed by atoms with Crippen LogP contribution in [0.15, 0.2) is 75.9 Å². The summed E-state index contributed by atoms with van der Waals surface area (Å²) in [6, 6.07) is 20.2. The van der Waals surface area contributed by atoms with Crippen LogP contribution in [0.5, 0.6) is 5.75 Å². The molecule has 0 atom stereocenters.